The van der Waals surface area contributed by atoms with Crippen LogP contribution in [0.4, 0.5) is 0 Å². The molecular weight excluding hydrogens is 212 g/mol. The summed E-state index contributed by atoms with van der Waals surface area (Å²) in [5, 5.41) is 0. The summed E-state index contributed by atoms with van der Waals surface area (Å²) in [5.74, 6) is 1.42. The zero-order valence-electron chi connectivity index (χ0n) is 11.6. The van der Waals surface area contributed by atoms with E-state index in [1.807, 2.05) is 0 Å². The molecule has 0 spiro atoms. The topological polar surface area (TPSA) is 38.5 Å². The second kappa shape index (κ2) is 5.25. The molecule has 3 unspecified atom stereocenters. The number of hydrogen-bond acceptors (Lipinski definition) is 3. The van der Waals surface area contributed by atoms with E-state index in [-0.39, 0.29) is 0 Å². The number of hydrogen-bond donors (Lipinski definition) is 1. The molecule has 2 N–H and O–H groups in total. The van der Waals surface area contributed by atoms with Crippen LogP contribution in [0.3, 0.4) is 0 Å². The predicted octanol–water partition coefficient (Wildman–Crippen LogP) is 1.72. The van der Waals surface area contributed by atoms with Gasteiger partial charge in [-0.15, -0.1) is 0 Å². The molecule has 0 amide bonds. The Labute approximate surface area is 106 Å². The van der Waals surface area contributed by atoms with Crippen LogP contribution < -0.4 is 5.73 Å². The van der Waals surface area contributed by atoms with E-state index in [1.54, 1.807) is 0 Å². The SMILES string of the molecule is CC(C)(C)C1CCN(CC(N)C2CCOC2)C1. The smallest absolute Gasteiger partial charge is 0.0510 e. The van der Waals surface area contributed by atoms with Crippen molar-refractivity contribution in [3.8, 4) is 0 Å². The lowest BCUT2D eigenvalue weighted by atomic mass is 9.80. The highest BCUT2D eigenvalue weighted by molar-refractivity contribution is 4.87. The van der Waals surface area contributed by atoms with Gasteiger partial charge in [0.2, 0.25) is 0 Å². The largest absolute Gasteiger partial charge is 0.381 e. The molecule has 2 aliphatic heterocycles. The molecular formula is C14H28N2O. The maximum absolute atomic E-state index is 6.29. The molecule has 100 valence electrons. The standard InChI is InChI=1S/C14H28N2O/c1-14(2,3)12-4-6-16(8-12)9-13(15)11-5-7-17-10-11/h11-13H,4-10,15H2,1-3H3. The van der Waals surface area contributed by atoms with E-state index in [4.69, 9.17) is 10.5 Å². The summed E-state index contributed by atoms with van der Waals surface area (Å²) in [4.78, 5) is 2.55. The minimum atomic E-state index is 0.302. The normalized spacial score (nSPS) is 33.2. The summed E-state index contributed by atoms with van der Waals surface area (Å²) in [5.41, 5.74) is 6.73. The van der Waals surface area contributed by atoms with Gasteiger partial charge in [-0.1, -0.05) is 20.8 Å². The second-order valence-corrected chi connectivity index (χ2v) is 6.90. The van der Waals surface area contributed by atoms with E-state index in [1.165, 1.54) is 19.5 Å². The first-order valence-corrected chi connectivity index (χ1v) is 7.02. The second-order valence-electron chi connectivity index (χ2n) is 6.90. The average molecular weight is 240 g/mol. The molecule has 0 aromatic heterocycles. The number of ether oxygens (including phenoxy) is 1. The number of nitrogens with zero attached hydrogens (tertiary/aromatic N) is 1. The van der Waals surface area contributed by atoms with Gasteiger partial charge in [0, 0.05) is 31.7 Å². The van der Waals surface area contributed by atoms with Gasteiger partial charge in [0.05, 0.1) is 6.61 Å². The Morgan fingerprint density at radius 2 is 2.12 bits per heavy atom. The van der Waals surface area contributed by atoms with Gasteiger partial charge in [-0.25, -0.2) is 0 Å². The number of likely N-dealkylation sites (tertiary alicyclic amines) is 1. The molecule has 0 aromatic carbocycles. The molecule has 2 fully saturated rings. The number of nitrogens with two attached hydrogens (primary N) is 1. The van der Waals surface area contributed by atoms with Crippen LogP contribution >= 0.6 is 0 Å². The van der Waals surface area contributed by atoms with Gasteiger partial charge in [-0.05, 0) is 30.7 Å². The zero-order chi connectivity index (χ0) is 12.5. The molecule has 2 saturated heterocycles. The Hall–Kier alpha value is -0.120. The van der Waals surface area contributed by atoms with Crippen LogP contribution in [0.2, 0.25) is 0 Å². The molecule has 0 saturated carbocycles. The van der Waals surface area contributed by atoms with Gasteiger partial charge in [0.1, 0.15) is 0 Å². The third-order valence-electron chi connectivity index (χ3n) is 4.54. The first-order chi connectivity index (χ1) is 7.97. The third kappa shape index (κ3) is 3.43. The third-order valence-corrected chi connectivity index (χ3v) is 4.54. The van der Waals surface area contributed by atoms with Crippen molar-refractivity contribution in [2.24, 2.45) is 23.0 Å². The maximum atomic E-state index is 6.29. The molecule has 0 aliphatic carbocycles. The van der Waals surface area contributed by atoms with Crippen LogP contribution in [0.5, 0.6) is 0 Å². The van der Waals surface area contributed by atoms with E-state index in [0.717, 1.165) is 32.1 Å². The Morgan fingerprint density at radius 1 is 1.35 bits per heavy atom. The Kier molecular flexibility index (Phi) is 4.11. The Bertz CT molecular complexity index is 243. The molecule has 2 rings (SSSR count). The summed E-state index contributed by atoms with van der Waals surface area (Å²) < 4.78 is 5.42. The van der Waals surface area contributed by atoms with Crippen molar-refractivity contribution < 1.29 is 4.74 Å². The van der Waals surface area contributed by atoms with Crippen molar-refractivity contribution in [3.63, 3.8) is 0 Å². The van der Waals surface area contributed by atoms with Crippen molar-refractivity contribution in [3.05, 3.63) is 0 Å². The van der Waals surface area contributed by atoms with Crippen LogP contribution in [0.25, 0.3) is 0 Å². The Morgan fingerprint density at radius 3 is 2.65 bits per heavy atom. The first-order valence-electron chi connectivity index (χ1n) is 7.02. The van der Waals surface area contributed by atoms with Gasteiger partial charge in [-0.3, -0.25) is 0 Å². The Balaban J connectivity index is 1.77. The molecule has 3 heteroatoms. The summed E-state index contributed by atoms with van der Waals surface area (Å²) in [6, 6.07) is 0.302. The van der Waals surface area contributed by atoms with Crippen LogP contribution in [-0.4, -0.2) is 43.8 Å². The first kappa shape index (κ1) is 13.3. The highest BCUT2D eigenvalue weighted by Gasteiger charge is 2.33. The van der Waals surface area contributed by atoms with Crippen molar-refractivity contribution in [1.29, 1.82) is 0 Å². The lowest BCUT2D eigenvalue weighted by molar-refractivity contribution is 0.170. The molecule has 3 nitrogen and oxygen atoms in total. The molecule has 0 radical (unpaired) electrons. The lowest BCUT2D eigenvalue weighted by Crippen LogP contribution is -2.42. The molecule has 0 aromatic rings. The fourth-order valence-electron chi connectivity index (χ4n) is 3.04. The minimum absolute atomic E-state index is 0.302. The quantitative estimate of drug-likeness (QED) is 0.816. The van der Waals surface area contributed by atoms with Crippen molar-refractivity contribution in [2.75, 3.05) is 32.8 Å². The molecule has 17 heavy (non-hydrogen) atoms. The van der Waals surface area contributed by atoms with Crippen LogP contribution in [0, 0.1) is 17.3 Å². The molecule has 2 aliphatic rings. The summed E-state index contributed by atoms with van der Waals surface area (Å²) in [7, 11) is 0. The average Bonchev–Trinajstić information content (AvgIpc) is 2.85. The molecule has 3 atom stereocenters. The van der Waals surface area contributed by atoms with Gasteiger partial charge in [-0.2, -0.15) is 0 Å². The van der Waals surface area contributed by atoms with Crippen molar-refractivity contribution >= 4 is 0 Å². The van der Waals surface area contributed by atoms with E-state index >= 15 is 0 Å². The van der Waals surface area contributed by atoms with Crippen LogP contribution in [0.15, 0.2) is 0 Å². The summed E-state index contributed by atoms with van der Waals surface area (Å²) >= 11 is 0. The van der Waals surface area contributed by atoms with E-state index in [2.05, 4.69) is 25.7 Å². The monoisotopic (exact) mass is 240 g/mol. The fourth-order valence-corrected chi connectivity index (χ4v) is 3.04. The fraction of sp³-hybridized carbons (Fsp3) is 1.00. The van der Waals surface area contributed by atoms with Gasteiger partial charge in [0.15, 0.2) is 0 Å². The van der Waals surface area contributed by atoms with Crippen LogP contribution in [0.1, 0.15) is 33.6 Å². The van der Waals surface area contributed by atoms with E-state index in [0.29, 0.717) is 17.4 Å². The van der Waals surface area contributed by atoms with Gasteiger partial charge in [0.25, 0.3) is 0 Å². The lowest BCUT2D eigenvalue weighted by Gasteiger charge is -2.28. The van der Waals surface area contributed by atoms with Crippen LogP contribution in [-0.2, 0) is 4.74 Å². The maximum Gasteiger partial charge on any atom is 0.0510 e. The van der Waals surface area contributed by atoms with Crippen molar-refractivity contribution in [2.45, 2.75) is 39.7 Å². The van der Waals surface area contributed by atoms with E-state index < -0.39 is 0 Å². The highest BCUT2D eigenvalue weighted by atomic mass is 16.5. The molecule has 0 bridgehead atoms. The molecule has 2 heterocycles. The zero-order valence-corrected chi connectivity index (χ0v) is 11.6. The summed E-state index contributed by atoms with van der Waals surface area (Å²) in [6.07, 6.45) is 2.48. The highest BCUT2D eigenvalue weighted by Crippen LogP contribution is 2.33. The predicted molar refractivity (Wildman–Crippen MR) is 70.9 cm³/mol. The minimum Gasteiger partial charge on any atom is -0.381 e. The number of rotatable bonds is 3. The van der Waals surface area contributed by atoms with E-state index in [9.17, 15) is 0 Å². The summed E-state index contributed by atoms with van der Waals surface area (Å²) in [6.45, 7) is 12.3. The van der Waals surface area contributed by atoms with Gasteiger partial charge < -0.3 is 15.4 Å². The van der Waals surface area contributed by atoms with Gasteiger partial charge >= 0.3 is 0 Å². The van der Waals surface area contributed by atoms with Crippen molar-refractivity contribution in [1.82, 2.24) is 4.90 Å².